The Bertz CT molecular complexity index is 492. The van der Waals surface area contributed by atoms with E-state index in [9.17, 15) is 18.0 Å². The first-order valence-electron chi connectivity index (χ1n) is 6.66. The molecule has 2 N–H and O–H groups in total. The minimum absolute atomic E-state index is 0.0272. The minimum atomic E-state index is -4.44. The SMILES string of the molecule is CCCCNC(=O)C(C)Nc1ccc(Br)c(C(F)(F)F)c1. The van der Waals surface area contributed by atoms with Crippen molar-refractivity contribution in [2.45, 2.75) is 38.9 Å². The van der Waals surface area contributed by atoms with E-state index in [0.717, 1.165) is 18.9 Å². The molecule has 1 unspecified atom stereocenters. The third-order valence-corrected chi connectivity index (χ3v) is 3.57. The van der Waals surface area contributed by atoms with Crippen LogP contribution in [0.3, 0.4) is 0 Å². The first kappa shape index (κ1) is 17.8. The van der Waals surface area contributed by atoms with Gasteiger partial charge in [-0.3, -0.25) is 4.79 Å². The summed E-state index contributed by atoms with van der Waals surface area (Å²) in [5, 5.41) is 5.50. The van der Waals surface area contributed by atoms with Crippen molar-refractivity contribution in [3.63, 3.8) is 0 Å². The third kappa shape index (κ3) is 5.57. The summed E-state index contributed by atoms with van der Waals surface area (Å²) in [6.45, 7) is 4.18. The first-order valence-corrected chi connectivity index (χ1v) is 7.46. The smallest absolute Gasteiger partial charge is 0.374 e. The zero-order chi connectivity index (χ0) is 16.0. The van der Waals surface area contributed by atoms with Gasteiger partial charge in [0.2, 0.25) is 5.91 Å². The van der Waals surface area contributed by atoms with Crippen LogP contribution in [0.4, 0.5) is 18.9 Å². The Kier molecular flexibility index (Phi) is 6.51. The van der Waals surface area contributed by atoms with Crippen LogP contribution in [0.1, 0.15) is 32.3 Å². The van der Waals surface area contributed by atoms with Crippen molar-refractivity contribution in [3.8, 4) is 0 Å². The summed E-state index contributed by atoms with van der Waals surface area (Å²) in [7, 11) is 0. The lowest BCUT2D eigenvalue weighted by Gasteiger charge is -2.17. The molecule has 1 atom stereocenters. The van der Waals surface area contributed by atoms with E-state index in [2.05, 4.69) is 26.6 Å². The first-order chi connectivity index (χ1) is 9.75. The van der Waals surface area contributed by atoms with Gasteiger partial charge in [0.05, 0.1) is 5.56 Å². The molecule has 1 amide bonds. The average Bonchev–Trinajstić information content (AvgIpc) is 2.39. The lowest BCUT2D eigenvalue weighted by atomic mass is 10.1. The number of rotatable bonds is 6. The molecular formula is C14H18BrF3N2O. The predicted octanol–water partition coefficient (Wildman–Crippen LogP) is 4.18. The fourth-order valence-electron chi connectivity index (χ4n) is 1.69. The number of halogens is 4. The van der Waals surface area contributed by atoms with E-state index in [4.69, 9.17) is 0 Å². The molecule has 21 heavy (non-hydrogen) atoms. The summed E-state index contributed by atoms with van der Waals surface area (Å²) in [5.74, 6) is -0.236. The molecule has 1 aromatic rings. The minimum Gasteiger partial charge on any atom is -0.374 e. The molecule has 0 radical (unpaired) electrons. The monoisotopic (exact) mass is 366 g/mol. The molecule has 3 nitrogen and oxygen atoms in total. The van der Waals surface area contributed by atoms with Crippen LogP contribution in [0.5, 0.6) is 0 Å². The fraction of sp³-hybridized carbons (Fsp3) is 0.500. The van der Waals surface area contributed by atoms with Crippen LogP contribution in [0.2, 0.25) is 0 Å². The topological polar surface area (TPSA) is 41.1 Å². The summed E-state index contributed by atoms with van der Waals surface area (Å²) in [4.78, 5) is 11.8. The Morgan fingerprint density at radius 3 is 2.62 bits per heavy atom. The van der Waals surface area contributed by atoms with E-state index in [0.29, 0.717) is 6.54 Å². The summed E-state index contributed by atoms with van der Waals surface area (Å²) in [5.41, 5.74) is -0.519. The molecule has 0 aliphatic carbocycles. The molecule has 0 heterocycles. The van der Waals surface area contributed by atoms with Gasteiger partial charge in [-0.25, -0.2) is 0 Å². The highest BCUT2D eigenvalue weighted by molar-refractivity contribution is 9.10. The highest BCUT2D eigenvalue weighted by Crippen LogP contribution is 2.36. The molecule has 7 heteroatoms. The second-order valence-electron chi connectivity index (χ2n) is 4.70. The number of carbonyl (C=O) groups excluding carboxylic acids is 1. The maximum atomic E-state index is 12.8. The molecule has 0 saturated carbocycles. The van der Waals surface area contributed by atoms with Gasteiger partial charge >= 0.3 is 6.18 Å². The number of nitrogens with one attached hydrogen (secondary N) is 2. The molecular weight excluding hydrogens is 349 g/mol. The van der Waals surface area contributed by atoms with Crippen LogP contribution in [0.15, 0.2) is 22.7 Å². The van der Waals surface area contributed by atoms with Crippen molar-refractivity contribution in [2.75, 3.05) is 11.9 Å². The predicted molar refractivity (Wildman–Crippen MR) is 80.1 cm³/mol. The van der Waals surface area contributed by atoms with Crippen molar-refractivity contribution in [3.05, 3.63) is 28.2 Å². The van der Waals surface area contributed by atoms with E-state index in [1.807, 2.05) is 6.92 Å². The zero-order valence-electron chi connectivity index (χ0n) is 11.9. The number of benzene rings is 1. The lowest BCUT2D eigenvalue weighted by Crippen LogP contribution is -2.38. The number of hydrogen-bond acceptors (Lipinski definition) is 2. The van der Waals surface area contributed by atoms with Crippen molar-refractivity contribution in [1.82, 2.24) is 5.32 Å². The summed E-state index contributed by atoms with van der Waals surface area (Å²) >= 11 is 2.88. The summed E-state index contributed by atoms with van der Waals surface area (Å²) in [6.07, 6.45) is -2.61. The fourth-order valence-corrected chi connectivity index (χ4v) is 2.16. The van der Waals surface area contributed by atoms with Gasteiger partial charge in [-0.1, -0.05) is 29.3 Å². The molecule has 0 aliphatic heterocycles. The Hall–Kier alpha value is -1.24. The molecule has 1 rings (SSSR count). The third-order valence-electron chi connectivity index (χ3n) is 2.88. The van der Waals surface area contributed by atoms with E-state index in [-0.39, 0.29) is 16.1 Å². The zero-order valence-corrected chi connectivity index (χ0v) is 13.4. The molecule has 1 aromatic carbocycles. The summed E-state index contributed by atoms with van der Waals surface area (Å²) in [6, 6.07) is 3.19. The second-order valence-corrected chi connectivity index (χ2v) is 5.56. The highest BCUT2D eigenvalue weighted by Gasteiger charge is 2.33. The number of anilines is 1. The second kappa shape index (κ2) is 7.68. The van der Waals surface area contributed by atoms with Crippen LogP contribution in [-0.2, 0) is 11.0 Å². The van der Waals surface area contributed by atoms with E-state index in [1.165, 1.54) is 12.1 Å². The highest BCUT2D eigenvalue weighted by atomic mass is 79.9. The van der Waals surface area contributed by atoms with Gasteiger partial charge in [0, 0.05) is 16.7 Å². The Labute approximate surface area is 130 Å². The molecule has 118 valence electrons. The van der Waals surface area contributed by atoms with Gasteiger partial charge in [-0.2, -0.15) is 13.2 Å². The molecule has 0 spiro atoms. The van der Waals surface area contributed by atoms with Gasteiger partial charge in [-0.15, -0.1) is 0 Å². The number of hydrogen-bond donors (Lipinski definition) is 2. The van der Waals surface area contributed by atoms with Crippen molar-refractivity contribution < 1.29 is 18.0 Å². The molecule has 0 saturated heterocycles. The maximum Gasteiger partial charge on any atom is 0.417 e. The average molecular weight is 367 g/mol. The van der Waals surface area contributed by atoms with Crippen molar-refractivity contribution >= 4 is 27.5 Å². The van der Waals surface area contributed by atoms with Gasteiger partial charge in [0.15, 0.2) is 0 Å². The van der Waals surface area contributed by atoms with Crippen LogP contribution >= 0.6 is 15.9 Å². The Balaban J connectivity index is 2.72. The largest absolute Gasteiger partial charge is 0.417 e. The van der Waals surface area contributed by atoms with Gasteiger partial charge in [-0.05, 0) is 31.5 Å². The number of carbonyl (C=O) groups is 1. The normalized spacial score (nSPS) is 12.9. The number of amides is 1. The Morgan fingerprint density at radius 2 is 2.05 bits per heavy atom. The van der Waals surface area contributed by atoms with Crippen LogP contribution in [0.25, 0.3) is 0 Å². The quantitative estimate of drug-likeness (QED) is 0.741. The molecule has 0 fully saturated rings. The Morgan fingerprint density at radius 1 is 1.38 bits per heavy atom. The van der Waals surface area contributed by atoms with Crippen LogP contribution < -0.4 is 10.6 Å². The summed E-state index contributed by atoms with van der Waals surface area (Å²) < 4.78 is 38.4. The molecule has 0 bridgehead atoms. The number of unbranched alkanes of at least 4 members (excludes halogenated alkanes) is 1. The van der Waals surface area contributed by atoms with Gasteiger partial charge in [0.1, 0.15) is 6.04 Å². The van der Waals surface area contributed by atoms with Crippen LogP contribution in [0, 0.1) is 0 Å². The number of alkyl halides is 3. The van der Waals surface area contributed by atoms with E-state index in [1.54, 1.807) is 6.92 Å². The van der Waals surface area contributed by atoms with Gasteiger partial charge in [0.25, 0.3) is 0 Å². The van der Waals surface area contributed by atoms with Crippen molar-refractivity contribution in [1.29, 1.82) is 0 Å². The van der Waals surface area contributed by atoms with Gasteiger partial charge < -0.3 is 10.6 Å². The van der Waals surface area contributed by atoms with E-state index < -0.39 is 17.8 Å². The lowest BCUT2D eigenvalue weighted by molar-refractivity contribution is -0.138. The van der Waals surface area contributed by atoms with E-state index >= 15 is 0 Å². The standard InChI is InChI=1S/C14H18BrF3N2O/c1-3-4-7-19-13(21)9(2)20-10-5-6-12(15)11(8-10)14(16,17)18/h5-6,8-9,20H,3-4,7H2,1-2H3,(H,19,21). The maximum absolute atomic E-state index is 12.8. The van der Waals surface area contributed by atoms with Crippen molar-refractivity contribution in [2.24, 2.45) is 0 Å². The molecule has 0 aliphatic rings. The molecule has 0 aromatic heterocycles. The van der Waals surface area contributed by atoms with Crippen LogP contribution in [-0.4, -0.2) is 18.5 Å².